The highest BCUT2D eigenvalue weighted by molar-refractivity contribution is 6.51. The summed E-state index contributed by atoms with van der Waals surface area (Å²) >= 11 is 0. The maximum atomic E-state index is 5.98. The Morgan fingerprint density at radius 3 is 2.81 bits per heavy atom. The largest absolute Gasteiger partial charge is 0.413 e. The van der Waals surface area contributed by atoms with E-state index in [9.17, 15) is 0 Å². The Bertz CT molecular complexity index is 296. The molecule has 2 atom stereocenters. The Kier molecular flexibility index (Phi) is 4.57. The molecule has 1 aliphatic heterocycles. The van der Waals surface area contributed by atoms with Crippen molar-refractivity contribution in [3.8, 4) is 0 Å². The van der Waals surface area contributed by atoms with Crippen LogP contribution in [0, 0.1) is 0 Å². The van der Waals surface area contributed by atoms with Crippen LogP contribution in [0.3, 0.4) is 0 Å². The van der Waals surface area contributed by atoms with E-state index < -0.39 is 9.04 Å². The molecule has 1 heterocycles. The van der Waals surface area contributed by atoms with Crippen molar-refractivity contribution in [1.29, 1.82) is 0 Å². The number of rotatable bonds is 4. The average Bonchev–Trinajstić information content (AvgIpc) is 2.38. The van der Waals surface area contributed by atoms with Crippen LogP contribution in [0.5, 0.6) is 0 Å². The van der Waals surface area contributed by atoms with E-state index in [1.165, 1.54) is 24.8 Å². The smallest absolute Gasteiger partial charge is 0.202 e. The standard InChI is InChI=1S/C13H20O2Si/c1-16(13-9-5-6-10-14-13)15-11-12-7-3-2-4-8-12/h2-4,7-8,13,16H,5-6,9-11H2,1H3. The first-order chi connectivity index (χ1) is 7.86. The molecule has 0 aromatic heterocycles. The van der Waals surface area contributed by atoms with E-state index in [1.54, 1.807) is 0 Å². The summed E-state index contributed by atoms with van der Waals surface area (Å²) in [6.07, 6.45) is 3.72. The minimum Gasteiger partial charge on any atom is -0.413 e. The first-order valence-electron chi connectivity index (χ1n) is 6.13. The van der Waals surface area contributed by atoms with Crippen molar-refractivity contribution in [2.45, 2.75) is 38.1 Å². The molecule has 2 rings (SSSR count). The van der Waals surface area contributed by atoms with Gasteiger partial charge in [-0.05, 0) is 31.4 Å². The van der Waals surface area contributed by atoms with Crippen LogP contribution in [-0.4, -0.2) is 21.4 Å². The molecule has 2 nitrogen and oxygen atoms in total. The normalized spacial score (nSPS) is 22.9. The van der Waals surface area contributed by atoms with Crippen LogP contribution in [0.15, 0.2) is 30.3 Å². The summed E-state index contributed by atoms with van der Waals surface area (Å²) < 4.78 is 11.7. The molecule has 0 radical (unpaired) electrons. The summed E-state index contributed by atoms with van der Waals surface area (Å²) in [5.74, 6) is 0. The van der Waals surface area contributed by atoms with Gasteiger partial charge < -0.3 is 9.16 Å². The predicted octanol–water partition coefficient (Wildman–Crippen LogP) is 2.67. The molecule has 1 aliphatic rings. The van der Waals surface area contributed by atoms with Crippen molar-refractivity contribution in [3.05, 3.63) is 35.9 Å². The molecule has 1 aromatic carbocycles. The highest BCUT2D eigenvalue weighted by Gasteiger charge is 2.23. The topological polar surface area (TPSA) is 18.5 Å². The molecule has 0 saturated carbocycles. The Labute approximate surface area is 99.3 Å². The number of benzene rings is 1. The van der Waals surface area contributed by atoms with Gasteiger partial charge in [-0.1, -0.05) is 30.3 Å². The van der Waals surface area contributed by atoms with Crippen LogP contribution in [0.2, 0.25) is 6.55 Å². The first-order valence-corrected chi connectivity index (χ1v) is 8.42. The highest BCUT2D eigenvalue weighted by atomic mass is 28.3. The Morgan fingerprint density at radius 1 is 1.31 bits per heavy atom. The quantitative estimate of drug-likeness (QED) is 0.748. The molecule has 3 heteroatoms. The lowest BCUT2D eigenvalue weighted by molar-refractivity contribution is 0.0500. The van der Waals surface area contributed by atoms with Crippen molar-refractivity contribution in [2.75, 3.05) is 6.61 Å². The van der Waals surface area contributed by atoms with Gasteiger partial charge in [0.1, 0.15) is 0 Å². The SMILES string of the molecule is C[SiH](OCc1ccccc1)C1CCCCO1. The number of hydrogen-bond donors (Lipinski definition) is 0. The minimum atomic E-state index is -1.18. The van der Waals surface area contributed by atoms with Gasteiger partial charge >= 0.3 is 0 Å². The van der Waals surface area contributed by atoms with Crippen molar-refractivity contribution < 1.29 is 9.16 Å². The molecule has 1 fully saturated rings. The fourth-order valence-electron chi connectivity index (χ4n) is 2.05. The first kappa shape index (κ1) is 11.8. The molecular formula is C13H20O2Si. The van der Waals surface area contributed by atoms with Crippen LogP contribution < -0.4 is 0 Å². The lowest BCUT2D eigenvalue weighted by Crippen LogP contribution is -2.36. The second kappa shape index (κ2) is 6.18. The second-order valence-electron chi connectivity index (χ2n) is 4.41. The van der Waals surface area contributed by atoms with Gasteiger partial charge in [-0.15, -0.1) is 0 Å². The third-order valence-corrected chi connectivity index (χ3v) is 5.36. The zero-order chi connectivity index (χ0) is 11.2. The molecule has 0 aliphatic carbocycles. The molecule has 88 valence electrons. The predicted molar refractivity (Wildman–Crippen MR) is 67.8 cm³/mol. The molecule has 2 unspecified atom stereocenters. The summed E-state index contributed by atoms with van der Waals surface area (Å²) in [6, 6.07) is 10.4. The van der Waals surface area contributed by atoms with Gasteiger partial charge in [-0.2, -0.15) is 0 Å². The van der Waals surface area contributed by atoms with Gasteiger partial charge in [0.15, 0.2) is 0 Å². The van der Waals surface area contributed by atoms with E-state index in [2.05, 4.69) is 30.8 Å². The number of ether oxygens (including phenoxy) is 1. The zero-order valence-electron chi connectivity index (χ0n) is 9.89. The summed E-state index contributed by atoms with van der Waals surface area (Å²) in [4.78, 5) is 0. The van der Waals surface area contributed by atoms with Crippen LogP contribution in [-0.2, 0) is 15.8 Å². The summed E-state index contributed by atoms with van der Waals surface area (Å²) in [6.45, 7) is 3.92. The van der Waals surface area contributed by atoms with E-state index in [1.807, 2.05) is 6.07 Å². The van der Waals surface area contributed by atoms with Crippen LogP contribution in [0.4, 0.5) is 0 Å². The highest BCUT2D eigenvalue weighted by Crippen LogP contribution is 2.16. The second-order valence-corrected chi connectivity index (χ2v) is 6.89. The summed E-state index contributed by atoms with van der Waals surface area (Å²) in [5.41, 5.74) is 1.69. The van der Waals surface area contributed by atoms with E-state index in [0.29, 0.717) is 5.73 Å². The maximum absolute atomic E-state index is 5.98. The molecule has 16 heavy (non-hydrogen) atoms. The molecule has 0 amide bonds. The van der Waals surface area contributed by atoms with Crippen molar-refractivity contribution in [3.63, 3.8) is 0 Å². The van der Waals surface area contributed by atoms with Crippen LogP contribution in [0.25, 0.3) is 0 Å². The Balaban J connectivity index is 1.76. The molecule has 0 spiro atoms. The van der Waals surface area contributed by atoms with E-state index in [-0.39, 0.29) is 0 Å². The van der Waals surface area contributed by atoms with Gasteiger partial charge in [0.05, 0.1) is 12.3 Å². The third-order valence-electron chi connectivity index (χ3n) is 3.09. The molecule has 0 bridgehead atoms. The fraction of sp³-hybridized carbons (Fsp3) is 0.538. The lowest BCUT2D eigenvalue weighted by Gasteiger charge is -2.26. The molecule has 0 N–H and O–H groups in total. The van der Waals surface area contributed by atoms with Gasteiger partial charge in [-0.25, -0.2) is 0 Å². The Hall–Kier alpha value is -0.643. The van der Waals surface area contributed by atoms with Gasteiger partial charge in [0, 0.05) is 6.61 Å². The van der Waals surface area contributed by atoms with E-state index in [0.717, 1.165) is 13.2 Å². The third kappa shape index (κ3) is 3.44. The van der Waals surface area contributed by atoms with Crippen LogP contribution >= 0.6 is 0 Å². The fourth-order valence-corrected chi connectivity index (χ4v) is 3.83. The van der Waals surface area contributed by atoms with Crippen molar-refractivity contribution in [2.24, 2.45) is 0 Å². The zero-order valence-corrected chi connectivity index (χ0v) is 11.0. The van der Waals surface area contributed by atoms with Gasteiger partial charge in [-0.3, -0.25) is 0 Å². The van der Waals surface area contributed by atoms with Gasteiger partial charge in [0.2, 0.25) is 9.04 Å². The summed E-state index contributed by atoms with van der Waals surface area (Å²) in [7, 11) is -1.18. The monoisotopic (exact) mass is 236 g/mol. The van der Waals surface area contributed by atoms with Crippen molar-refractivity contribution >= 4 is 9.04 Å². The number of hydrogen-bond acceptors (Lipinski definition) is 2. The van der Waals surface area contributed by atoms with E-state index >= 15 is 0 Å². The maximum Gasteiger partial charge on any atom is 0.202 e. The van der Waals surface area contributed by atoms with Crippen LogP contribution in [0.1, 0.15) is 24.8 Å². The van der Waals surface area contributed by atoms with E-state index in [4.69, 9.17) is 9.16 Å². The average molecular weight is 236 g/mol. The van der Waals surface area contributed by atoms with Gasteiger partial charge in [0.25, 0.3) is 0 Å². The molecule has 1 saturated heterocycles. The molecular weight excluding hydrogens is 216 g/mol. The molecule has 1 aromatic rings. The summed E-state index contributed by atoms with van der Waals surface area (Å²) in [5, 5.41) is 0. The van der Waals surface area contributed by atoms with Crippen molar-refractivity contribution in [1.82, 2.24) is 0 Å². The lowest BCUT2D eigenvalue weighted by atomic mass is 10.2. The minimum absolute atomic E-state index is 0.428. The Morgan fingerprint density at radius 2 is 2.12 bits per heavy atom.